The summed E-state index contributed by atoms with van der Waals surface area (Å²) in [6.07, 6.45) is 4.65. The molecular formula is C12H20O5S. The van der Waals surface area contributed by atoms with Gasteiger partial charge in [-0.05, 0) is 33.6 Å². The van der Waals surface area contributed by atoms with E-state index in [0.29, 0.717) is 6.42 Å². The molecule has 0 aliphatic heterocycles. The molecule has 0 aromatic heterocycles. The Bertz CT molecular complexity index is 427. The van der Waals surface area contributed by atoms with Crippen LogP contribution in [0.5, 0.6) is 0 Å². The van der Waals surface area contributed by atoms with Crippen molar-refractivity contribution in [2.45, 2.75) is 33.6 Å². The lowest BCUT2D eigenvalue weighted by molar-refractivity contribution is -0.128. The lowest BCUT2D eigenvalue weighted by atomic mass is 10.1. The van der Waals surface area contributed by atoms with Gasteiger partial charge in [-0.25, -0.2) is 4.79 Å². The Morgan fingerprint density at radius 3 is 2.39 bits per heavy atom. The third kappa shape index (κ3) is 8.95. The molecule has 1 N–H and O–H groups in total. The minimum absolute atomic E-state index is 0.571. The minimum atomic E-state index is -3.97. The van der Waals surface area contributed by atoms with Gasteiger partial charge in [0.05, 0.1) is 6.61 Å². The third-order valence-corrected chi connectivity index (χ3v) is 3.11. The molecule has 5 nitrogen and oxygen atoms in total. The zero-order chi connectivity index (χ0) is 14.2. The van der Waals surface area contributed by atoms with Gasteiger partial charge >= 0.3 is 16.1 Å². The van der Waals surface area contributed by atoms with Crippen molar-refractivity contribution in [1.82, 2.24) is 0 Å². The normalized spacial score (nSPS) is 12.1. The Balaban J connectivity index is 4.33. The lowest BCUT2D eigenvalue weighted by Crippen LogP contribution is -2.16. The fourth-order valence-electron chi connectivity index (χ4n) is 1.16. The summed E-state index contributed by atoms with van der Waals surface area (Å²) >= 11 is 0. The topological polar surface area (TPSA) is 80.7 Å². The number of carbonyl (C=O) groups is 1. The molecule has 0 bridgehead atoms. The molecule has 0 amide bonds. The number of hydrogen-bond donors (Lipinski definition) is 1. The number of aliphatic hydroxyl groups excluding tert-OH is 1. The number of allylic oxidation sites excluding steroid dienone is 3. The minimum Gasteiger partial charge on any atom is -0.395 e. The van der Waals surface area contributed by atoms with Crippen LogP contribution >= 0.6 is 0 Å². The molecule has 0 fully saturated rings. The number of rotatable bonds is 7. The molecule has 0 spiro atoms. The van der Waals surface area contributed by atoms with Gasteiger partial charge in [-0.3, -0.25) is 0 Å². The van der Waals surface area contributed by atoms with E-state index in [0.717, 1.165) is 18.1 Å². The summed E-state index contributed by atoms with van der Waals surface area (Å²) < 4.78 is 26.4. The Hall–Kier alpha value is -1.14. The summed E-state index contributed by atoms with van der Waals surface area (Å²) in [7, 11) is -3.97. The number of hydrogen-bond acceptors (Lipinski definition) is 5. The fourth-order valence-corrected chi connectivity index (χ4v) is 1.77. The van der Waals surface area contributed by atoms with E-state index in [-0.39, 0.29) is 0 Å². The second-order valence-corrected chi connectivity index (χ2v) is 5.89. The summed E-state index contributed by atoms with van der Waals surface area (Å²) in [5.41, 5.74) is 1.94. The van der Waals surface area contributed by atoms with Crippen LogP contribution in [0.25, 0.3) is 0 Å². The van der Waals surface area contributed by atoms with Crippen molar-refractivity contribution < 1.29 is 22.5 Å². The van der Waals surface area contributed by atoms with Crippen molar-refractivity contribution in [3.05, 3.63) is 23.3 Å². The molecule has 0 aromatic rings. The third-order valence-electron chi connectivity index (χ3n) is 2.01. The summed E-state index contributed by atoms with van der Waals surface area (Å²) in [4.78, 5) is 11.3. The molecule has 0 radical (unpaired) electrons. The van der Waals surface area contributed by atoms with Crippen LogP contribution in [0, 0.1) is 0 Å². The average Bonchev–Trinajstić information content (AvgIpc) is 2.14. The first kappa shape index (κ1) is 16.9. The lowest BCUT2D eigenvalue weighted by Gasteiger charge is -2.02. The molecule has 0 saturated carbocycles. The van der Waals surface area contributed by atoms with Crippen LogP contribution in [0.4, 0.5) is 0 Å². The van der Waals surface area contributed by atoms with Gasteiger partial charge in [0.15, 0.2) is 0 Å². The molecule has 0 saturated heterocycles. The number of carbonyl (C=O) groups excluding carboxylic acids is 1. The van der Waals surface area contributed by atoms with Crippen molar-refractivity contribution in [1.29, 1.82) is 0 Å². The quantitative estimate of drug-likeness (QED) is 0.433. The predicted molar refractivity (Wildman–Crippen MR) is 69.4 cm³/mol. The van der Waals surface area contributed by atoms with E-state index in [9.17, 15) is 13.2 Å². The monoisotopic (exact) mass is 276 g/mol. The molecule has 0 unspecified atom stereocenters. The smallest absolute Gasteiger partial charge is 0.346 e. The predicted octanol–water partition coefficient (Wildman–Crippen LogP) is 1.54. The van der Waals surface area contributed by atoms with Crippen molar-refractivity contribution in [2.75, 3.05) is 12.4 Å². The van der Waals surface area contributed by atoms with Gasteiger partial charge in [-0.2, -0.15) is 8.42 Å². The summed E-state index contributed by atoms with van der Waals surface area (Å²) in [5, 5.41) is 8.47. The fraction of sp³-hybridized carbons (Fsp3) is 0.583. The van der Waals surface area contributed by atoms with Crippen LogP contribution in [0.15, 0.2) is 23.3 Å². The largest absolute Gasteiger partial charge is 0.395 e. The highest BCUT2D eigenvalue weighted by molar-refractivity contribution is 7.87. The SMILES string of the molecule is CC(C)=CCC/C(C)=C\C(=O)OS(=O)(=O)CCO. The van der Waals surface area contributed by atoms with Crippen LogP contribution in [-0.2, 0) is 19.1 Å². The van der Waals surface area contributed by atoms with Gasteiger partial charge < -0.3 is 9.29 Å². The maximum absolute atomic E-state index is 11.3. The van der Waals surface area contributed by atoms with Crippen LogP contribution in [0.3, 0.4) is 0 Å². The highest BCUT2D eigenvalue weighted by atomic mass is 32.2. The number of aliphatic hydroxyl groups is 1. The molecule has 0 rings (SSSR count). The van der Waals surface area contributed by atoms with E-state index in [2.05, 4.69) is 4.18 Å². The molecule has 0 aliphatic rings. The van der Waals surface area contributed by atoms with Crippen molar-refractivity contribution in [2.24, 2.45) is 0 Å². The highest BCUT2D eigenvalue weighted by Gasteiger charge is 2.14. The van der Waals surface area contributed by atoms with Gasteiger partial charge in [0.2, 0.25) is 0 Å². The Morgan fingerprint density at radius 2 is 1.89 bits per heavy atom. The zero-order valence-electron chi connectivity index (χ0n) is 11.0. The Morgan fingerprint density at radius 1 is 1.28 bits per heavy atom. The van der Waals surface area contributed by atoms with Crippen LogP contribution in [-0.4, -0.2) is 31.9 Å². The molecule has 0 aromatic carbocycles. The molecule has 18 heavy (non-hydrogen) atoms. The van der Waals surface area contributed by atoms with Gasteiger partial charge in [0.1, 0.15) is 5.75 Å². The van der Waals surface area contributed by atoms with Crippen molar-refractivity contribution >= 4 is 16.1 Å². The molecular weight excluding hydrogens is 256 g/mol. The van der Waals surface area contributed by atoms with Crippen molar-refractivity contribution in [3.8, 4) is 0 Å². The first-order chi connectivity index (χ1) is 8.26. The summed E-state index contributed by atoms with van der Waals surface area (Å²) in [6, 6.07) is 0. The first-order valence-corrected chi connectivity index (χ1v) is 7.22. The average molecular weight is 276 g/mol. The Kier molecular flexibility index (Phi) is 7.54. The van der Waals surface area contributed by atoms with Gasteiger partial charge in [0.25, 0.3) is 0 Å². The summed E-state index contributed by atoms with van der Waals surface area (Å²) in [6.45, 7) is 5.13. The van der Waals surface area contributed by atoms with E-state index in [1.807, 2.05) is 19.9 Å². The maximum Gasteiger partial charge on any atom is 0.346 e. The highest BCUT2D eigenvalue weighted by Crippen LogP contribution is 2.07. The molecule has 0 atom stereocenters. The molecule has 0 heterocycles. The van der Waals surface area contributed by atoms with E-state index in [1.165, 1.54) is 5.57 Å². The van der Waals surface area contributed by atoms with Crippen LogP contribution < -0.4 is 0 Å². The second kappa shape index (κ2) is 8.05. The summed E-state index contributed by atoms with van der Waals surface area (Å²) in [5.74, 6) is -1.50. The van der Waals surface area contributed by atoms with E-state index < -0.39 is 28.4 Å². The van der Waals surface area contributed by atoms with Crippen LogP contribution in [0.2, 0.25) is 0 Å². The molecule has 0 aliphatic carbocycles. The van der Waals surface area contributed by atoms with Gasteiger partial charge in [0, 0.05) is 6.08 Å². The first-order valence-electron chi connectivity index (χ1n) is 5.64. The maximum atomic E-state index is 11.3. The standard InChI is InChI=1S/C12H20O5S/c1-10(2)5-4-6-11(3)9-12(14)17-18(15,16)8-7-13/h5,9,13H,4,6-8H2,1-3H3/b11-9-. The van der Waals surface area contributed by atoms with Crippen LogP contribution in [0.1, 0.15) is 33.6 Å². The van der Waals surface area contributed by atoms with Crippen molar-refractivity contribution in [3.63, 3.8) is 0 Å². The zero-order valence-corrected chi connectivity index (χ0v) is 11.8. The molecule has 104 valence electrons. The van der Waals surface area contributed by atoms with E-state index in [4.69, 9.17) is 5.11 Å². The van der Waals surface area contributed by atoms with E-state index >= 15 is 0 Å². The van der Waals surface area contributed by atoms with E-state index in [1.54, 1.807) is 6.92 Å². The second-order valence-electron chi connectivity index (χ2n) is 4.20. The Labute approximate surface area is 108 Å². The van der Waals surface area contributed by atoms with Gasteiger partial charge in [-0.1, -0.05) is 17.2 Å². The molecule has 6 heteroatoms. The van der Waals surface area contributed by atoms with Gasteiger partial charge in [-0.15, -0.1) is 0 Å².